The van der Waals surface area contributed by atoms with Gasteiger partial charge in [-0.15, -0.1) is 0 Å². The minimum absolute atomic E-state index is 0.407. The van der Waals surface area contributed by atoms with Crippen LogP contribution >= 0.6 is 0 Å². The fraction of sp³-hybridized carbons (Fsp3) is 1.00. The minimum atomic E-state index is -3.10. The van der Waals surface area contributed by atoms with Crippen LogP contribution < -0.4 is 0 Å². The van der Waals surface area contributed by atoms with Crippen LogP contribution in [0.5, 0.6) is 0 Å². The summed E-state index contributed by atoms with van der Waals surface area (Å²) in [6.07, 6.45) is 0. The summed E-state index contributed by atoms with van der Waals surface area (Å²) in [5.74, 6) is 0. The third-order valence-electron chi connectivity index (χ3n) is 19.2. The van der Waals surface area contributed by atoms with E-state index < -0.39 is 53.5 Å². The van der Waals surface area contributed by atoms with Gasteiger partial charge in [0.05, 0.1) is 0 Å². The Morgan fingerprint density at radius 1 is 0.244 bits per heavy atom. The number of hydrogen-bond acceptors (Lipinski definition) is 0. The Bertz CT molecular complexity index is 1020. The maximum atomic E-state index is 3.06. The predicted octanol–water partition coefficient (Wildman–Crippen LogP) is 15.3. The number of rotatable bonds is 4. The Balaban J connectivity index is 2.40. The number of fused-ring (bicyclic) bond motifs is 4. The van der Waals surface area contributed by atoms with Crippen molar-refractivity contribution in [1.29, 1.82) is 0 Å². The second-order valence-corrected chi connectivity index (χ2v) is 75.5. The van der Waals surface area contributed by atoms with Gasteiger partial charge in [0, 0.05) is 0 Å². The van der Waals surface area contributed by atoms with E-state index >= 15 is 0 Å². The van der Waals surface area contributed by atoms with E-state index in [9.17, 15) is 0 Å². The zero-order valence-corrected chi connectivity index (χ0v) is 44.4. The molecule has 45 heavy (non-hydrogen) atoms. The maximum absolute atomic E-state index is 3.10. The average Bonchev–Trinajstić information content (AvgIpc) is 3.61. The molecule has 0 aromatic heterocycles. The van der Waals surface area contributed by atoms with E-state index in [0.29, 0.717) is 40.3 Å². The van der Waals surface area contributed by atoms with Gasteiger partial charge >= 0.3 is 297 Å². The topological polar surface area (TPSA) is 0 Å². The van der Waals surface area contributed by atoms with Crippen molar-refractivity contribution in [2.45, 2.75) is 243 Å². The molecule has 0 unspecified atom stereocenters. The van der Waals surface area contributed by atoms with Gasteiger partial charge in [-0.2, -0.15) is 0 Å². The summed E-state index contributed by atoms with van der Waals surface area (Å²) in [5.41, 5.74) is 0. The number of hydrogen-bond donors (Lipinski definition) is 0. The van der Waals surface area contributed by atoms with Gasteiger partial charge in [-0.05, 0) is 0 Å². The first-order valence-electron chi connectivity index (χ1n) is 19.0. The summed E-state index contributed by atoms with van der Waals surface area (Å²) in [6, 6.07) is 0. The molecular formula is C40H84PbSi4. The molecule has 4 fully saturated rings. The molecule has 264 valence electrons. The van der Waals surface area contributed by atoms with Gasteiger partial charge in [-0.3, -0.25) is 0 Å². The standard InChI is InChI=1S/C40H84Si4.Pb/c1-33(2,3)41(25,34(4,5)6)29-30(42(26,35(7,8)9)36(10,11)12)32(44(28,39(19,20)21)40(22,23)24)31(29)43(27,37(13,14)15)38(16,17)18;/h1-28H3;. The van der Waals surface area contributed by atoms with Crippen molar-refractivity contribution in [3.05, 3.63) is 0 Å². The quantitative estimate of drug-likeness (QED) is 0.247. The van der Waals surface area contributed by atoms with Crippen molar-refractivity contribution < 1.29 is 0 Å². The van der Waals surface area contributed by atoms with E-state index in [1.165, 1.54) is 0 Å². The van der Waals surface area contributed by atoms with Crippen LogP contribution in [0, 0.1) is 0 Å². The monoisotopic (exact) mass is 885 g/mol. The SMILES string of the molecule is CC(C)(C)[Si](C)(C(C)(C)C)[C]12[C]3([Si](C)(C(C)(C)C)C(C)(C)C)[C]4([Si](C)(C(C)(C)C)C(C)(C)C)[C]1([Si](C)(C(C)(C)C)C(C)(C)C)[Pb]234. The van der Waals surface area contributed by atoms with Crippen LogP contribution in [0.2, 0.25) is 76.9 Å². The Morgan fingerprint density at radius 3 is 0.400 bits per heavy atom. The van der Waals surface area contributed by atoms with Crippen molar-refractivity contribution >= 4 is 53.5 Å². The first kappa shape index (κ1) is 39.6. The van der Waals surface area contributed by atoms with Crippen LogP contribution in [-0.4, -0.2) is 53.5 Å². The van der Waals surface area contributed by atoms with E-state index in [2.05, 4.69) is 192 Å². The Hall–Kier alpha value is 1.79. The van der Waals surface area contributed by atoms with Crippen LogP contribution in [-0.2, 0) is 0 Å². The fourth-order valence-corrected chi connectivity index (χ4v) is 226. The van der Waals surface area contributed by atoms with Crippen LogP contribution in [0.25, 0.3) is 0 Å². The van der Waals surface area contributed by atoms with Crippen molar-refractivity contribution in [1.82, 2.24) is 0 Å². The molecule has 0 aromatic carbocycles. The molecular weight excluding hydrogens is 800 g/mol. The molecule has 0 nitrogen and oxygen atoms in total. The second-order valence-electron chi connectivity index (χ2n) is 26.2. The first-order chi connectivity index (χ1) is 19.0. The van der Waals surface area contributed by atoms with E-state index in [0.717, 1.165) is 10.4 Å². The van der Waals surface area contributed by atoms with Crippen molar-refractivity contribution in [3.63, 3.8) is 0 Å². The molecule has 0 amide bonds. The third kappa shape index (κ3) is 2.91. The normalized spacial score (nSPS) is 36.0. The van der Waals surface area contributed by atoms with Gasteiger partial charge < -0.3 is 0 Å². The van der Waals surface area contributed by atoms with Gasteiger partial charge in [-0.1, -0.05) is 0 Å². The zero-order chi connectivity index (χ0) is 36.5. The van der Waals surface area contributed by atoms with E-state index in [-0.39, 0.29) is 0 Å². The Morgan fingerprint density at radius 2 is 0.333 bits per heavy atom. The molecule has 1 spiro atoms. The molecule has 4 aliphatic heterocycles. The van der Waals surface area contributed by atoms with Gasteiger partial charge in [-0.25, -0.2) is 0 Å². The van der Waals surface area contributed by atoms with E-state index in [1.807, 2.05) is 0 Å². The van der Waals surface area contributed by atoms with Crippen LogP contribution in [0.1, 0.15) is 166 Å². The molecule has 4 saturated heterocycles. The molecule has 4 rings (SSSR count). The van der Waals surface area contributed by atoms with Crippen LogP contribution in [0.3, 0.4) is 0 Å². The van der Waals surface area contributed by atoms with Crippen molar-refractivity contribution in [3.8, 4) is 0 Å². The van der Waals surface area contributed by atoms with Gasteiger partial charge in [0.25, 0.3) is 0 Å². The molecule has 0 N–H and O–H groups in total. The molecule has 0 bridgehead atoms. The van der Waals surface area contributed by atoms with Gasteiger partial charge in [0.15, 0.2) is 0 Å². The molecule has 0 atom stereocenters. The summed E-state index contributed by atoms with van der Waals surface area (Å²) in [7, 11) is -7.58. The van der Waals surface area contributed by atoms with E-state index in [1.54, 1.807) is 0 Å². The van der Waals surface area contributed by atoms with Crippen LogP contribution in [0.15, 0.2) is 0 Å². The Labute approximate surface area is 294 Å². The van der Waals surface area contributed by atoms with Crippen molar-refractivity contribution in [2.75, 3.05) is 0 Å². The summed E-state index contributed by atoms with van der Waals surface area (Å²) in [6.45, 7) is 78.4. The molecule has 0 aliphatic carbocycles. The average molecular weight is 885 g/mol. The van der Waals surface area contributed by atoms with Gasteiger partial charge in [0.2, 0.25) is 0 Å². The van der Waals surface area contributed by atoms with Crippen molar-refractivity contribution in [2.24, 2.45) is 0 Å². The molecule has 4 heterocycles. The second kappa shape index (κ2) is 8.53. The zero-order valence-electron chi connectivity index (χ0n) is 36.5. The van der Waals surface area contributed by atoms with Crippen LogP contribution in [0.4, 0.5) is 0 Å². The summed E-state index contributed by atoms with van der Waals surface area (Å²) in [5, 5.41) is 3.26. The molecule has 0 saturated carbocycles. The molecule has 0 aromatic rings. The molecule has 4 aliphatic rings. The Kier molecular flexibility index (Phi) is 7.50. The fourth-order valence-electron chi connectivity index (χ4n) is 17.1. The summed E-state index contributed by atoms with van der Waals surface area (Å²) >= 11 is -3.10. The van der Waals surface area contributed by atoms with E-state index in [4.69, 9.17) is 0 Å². The van der Waals surface area contributed by atoms with Gasteiger partial charge in [0.1, 0.15) is 0 Å². The summed E-state index contributed by atoms with van der Waals surface area (Å²) < 4.78 is 3.18. The molecule has 0 radical (unpaired) electrons. The third-order valence-corrected chi connectivity index (χ3v) is 123. The first-order valence-corrected chi connectivity index (χ1v) is 36.8. The molecule has 5 heteroatoms. The summed E-state index contributed by atoms with van der Waals surface area (Å²) in [4.78, 5) is 0. The predicted molar refractivity (Wildman–Crippen MR) is 221 cm³/mol.